The number of hydrogen-bond acceptors (Lipinski definition) is 5. The van der Waals surface area contributed by atoms with Crippen LogP contribution in [0, 0.1) is 0 Å². The molecular formula is C16H34N4O2. The molecule has 1 aliphatic rings. The predicted molar refractivity (Wildman–Crippen MR) is 90.0 cm³/mol. The van der Waals surface area contributed by atoms with E-state index in [1.807, 2.05) is 20.8 Å². The van der Waals surface area contributed by atoms with E-state index in [0.29, 0.717) is 13.1 Å². The maximum atomic E-state index is 11.8. The van der Waals surface area contributed by atoms with Gasteiger partial charge in [0.15, 0.2) is 0 Å². The Morgan fingerprint density at radius 2 is 1.91 bits per heavy atom. The third kappa shape index (κ3) is 5.41. The molecule has 6 nitrogen and oxygen atoms in total. The zero-order valence-corrected chi connectivity index (χ0v) is 15.1. The topological polar surface area (TPSA) is 70.8 Å². The van der Waals surface area contributed by atoms with E-state index in [1.54, 1.807) is 0 Å². The van der Waals surface area contributed by atoms with Gasteiger partial charge in [-0.05, 0) is 61.2 Å². The van der Waals surface area contributed by atoms with Gasteiger partial charge in [0.25, 0.3) is 0 Å². The summed E-state index contributed by atoms with van der Waals surface area (Å²) in [6.07, 6.45) is 3.35. The fourth-order valence-corrected chi connectivity index (χ4v) is 2.86. The van der Waals surface area contributed by atoms with Gasteiger partial charge in [0.05, 0.1) is 0 Å². The van der Waals surface area contributed by atoms with Crippen LogP contribution in [0.1, 0.15) is 40.0 Å². The van der Waals surface area contributed by atoms with E-state index in [2.05, 4.69) is 36.3 Å². The normalized spacial score (nSPS) is 19.0. The van der Waals surface area contributed by atoms with Crippen molar-refractivity contribution < 1.29 is 9.53 Å². The van der Waals surface area contributed by atoms with Crippen molar-refractivity contribution in [1.82, 2.24) is 15.1 Å². The Kier molecular flexibility index (Phi) is 6.65. The lowest BCUT2D eigenvalue weighted by Gasteiger charge is -2.50. The minimum Gasteiger partial charge on any atom is -0.444 e. The molecule has 6 heteroatoms. The summed E-state index contributed by atoms with van der Waals surface area (Å²) in [6, 6.07) is 0.116. The van der Waals surface area contributed by atoms with Crippen molar-refractivity contribution >= 4 is 6.09 Å². The molecule has 1 atom stereocenters. The highest BCUT2D eigenvalue weighted by atomic mass is 16.6. The average Bonchev–Trinajstić information content (AvgIpc) is 2.31. The summed E-state index contributed by atoms with van der Waals surface area (Å²) in [7, 11) is 6.37. The molecular weight excluding hydrogens is 280 g/mol. The van der Waals surface area contributed by atoms with Gasteiger partial charge in [0.2, 0.25) is 0 Å². The van der Waals surface area contributed by atoms with Gasteiger partial charge < -0.3 is 20.7 Å². The molecule has 0 heterocycles. The predicted octanol–water partition coefficient (Wildman–Crippen LogP) is 1.25. The number of alkyl carbamates (subject to hydrolysis) is 1. The Labute approximate surface area is 135 Å². The molecule has 0 saturated heterocycles. The number of amides is 1. The Bertz CT molecular complexity index is 362. The monoisotopic (exact) mass is 314 g/mol. The first-order valence-corrected chi connectivity index (χ1v) is 8.14. The number of carbonyl (C=O) groups is 1. The summed E-state index contributed by atoms with van der Waals surface area (Å²) in [5, 5.41) is 2.83. The average molecular weight is 314 g/mol. The summed E-state index contributed by atoms with van der Waals surface area (Å²) in [5.74, 6) is 0. The lowest BCUT2D eigenvalue weighted by molar-refractivity contribution is 0.0159. The number of nitrogens with one attached hydrogen (secondary N) is 1. The third-order valence-electron chi connectivity index (χ3n) is 4.55. The fourth-order valence-electron chi connectivity index (χ4n) is 2.86. The second-order valence-corrected chi connectivity index (χ2v) is 7.66. The maximum Gasteiger partial charge on any atom is 0.407 e. The first kappa shape index (κ1) is 19.2. The van der Waals surface area contributed by atoms with Crippen LogP contribution in [0.25, 0.3) is 0 Å². The molecule has 0 aromatic rings. The van der Waals surface area contributed by atoms with Gasteiger partial charge in [-0.1, -0.05) is 0 Å². The maximum absolute atomic E-state index is 11.8. The number of ether oxygens (including phenoxy) is 1. The van der Waals surface area contributed by atoms with Gasteiger partial charge in [-0.15, -0.1) is 0 Å². The lowest BCUT2D eigenvalue weighted by Crippen LogP contribution is -2.60. The molecule has 1 saturated carbocycles. The van der Waals surface area contributed by atoms with Crippen LogP contribution < -0.4 is 11.1 Å². The molecule has 1 aliphatic carbocycles. The summed E-state index contributed by atoms with van der Waals surface area (Å²) in [4.78, 5) is 16.3. The van der Waals surface area contributed by atoms with Crippen molar-refractivity contribution in [3.05, 3.63) is 0 Å². The van der Waals surface area contributed by atoms with Crippen molar-refractivity contribution in [2.75, 3.05) is 40.8 Å². The van der Waals surface area contributed by atoms with Gasteiger partial charge in [-0.2, -0.15) is 0 Å². The van der Waals surface area contributed by atoms with Gasteiger partial charge in [0, 0.05) is 31.2 Å². The molecule has 1 amide bonds. The van der Waals surface area contributed by atoms with E-state index in [9.17, 15) is 4.79 Å². The van der Waals surface area contributed by atoms with Crippen LogP contribution in [-0.2, 0) is 4.74 Å². The van der Waals surface area contributed by atoms with E-state index in [1.165, 1.54) is 19.3 Å². The number of hydrogen-bond donors (Lipinski definition) is 2. The largest absolute Gasteiger partial charge is 0.444 e. The van der Waals surface area contributed by atoms with Crippen LogP contribution in [0.15, 0.2) is 0 Å². The molecule has 0 bridgehead atoms. The van der Waals surface area contributed by atoms with Gasteiger partial charge in [-0.25, -0.2) is 4.79 Å². The van der Waals surface area contributed by atoms with Gasteiger partial charge >= 0.3 is 6.09 Å². The molecule has 3 N–H and O–H groups in total. The van der Waals surface area contributed by atoms with Crippen LogP contribution in [-0.4, -0.2) is 73.9 Å². The smallest absolute Gasteiger partial charge is 0.407 e. The number of nitrogens with zero attached hydrogens (tertiary/aromatic N) is 2. The van der Waals surface area contributed by atoms with E-state index in [0.717, 1.165) is 6.54 Å². The van der Waals surface area contributed by atoms with E-state index < -0.39 is 5.60 Å². The van der Waals surface area contributed by atoms with Crippen molar-refractivity contribution in [2.45, 2.75) is 57.2 Å². The van der Waals surface area contributed by atoms with Crippen molar-refractivity contribution in [3.8, 4) is 0 Å². The Morgan fingerprint density at radius 1 is 1.32 bits per heavy atom. The first-order chi connectivity index (χ1) is 10.1. The quantitative estimate of drug-likeness (QED) is 0.740. The summed E-state index contributed by atoms with van der Waals surface area (Å²) >= 11 is 0. The molecule has 0 aromatic heterocycles. The third-order valence-corrected chi connectivity index (χ3v) is 4.55. The Balaban J connectivity index is 2.48. The van der Waals surface area contributed by atoms with Crippen LogP contribution in [0.5, 0.6) is 0 Å². The number of rotatable bonds is 7. The zero-order chi connectivity index (χ0) is 17.0. The molecule has 1 unspecified atom stereocenters. The summed E-state index contributed by atoms with van der Waals surface area (Å²) < 4.78 is 5.27. The second-order valence-electron chi connectivity index (χ2n) is 7.66. The van der Waals surface area contributed by atoms with Gasteiger partial charge in [-0.3, -0.25) is 4.90 Å². The van der Waals surface area contributed by atoms with Crippen LogP contribution in [0.4, 0.5) is 4.79 Å². The first-order valence-electron chi connectivity index (χ1n) is 8.14. The molecule has 22 heavy (non-hydrogen) atoms. The van der Waals surface area contributed by atoms with Crippen LogP contribution in [0.3, 0.4) is 0 Å². The van der Waals surface area contributed by atoms with Crippen molar-refractivity contribution in [3.63, 3.8) is 0 Å². The summed E-state index contributed by atoms with van der Waals surface area (Å²) in [6.45, 7) is 7.56. The van der Waals surface area contributed by atoms with E-state index in [4.69, 9.17) is 10.5 Å². The van der Waals surface area contributed by atoms with Crippen LogP contribution >= 0.6 is 0 Å². The van der Waals surface area contributed by atoms with Gasteiger partial charge in [0.1, 0.15) is 5.60 Å². The van der Waals surface area contributed by atoms with Crippen LogP contribution in [0.2, 0.25) is 0 Å². The lowest BCUT2D eigenvalue weighted by atomic mass is 9.75. The van der Waals surface area contributed by atoms with E-state index in [-0.39, 0.29) is 17.7 Å². The van der Waals surface area contributed by atoms with E-state index >= 15 is 0 Å². The number of carbonyl (C=O) groups excluding carboxylic acids is 1. The fraction of sp³-hybridized carbons (Fsp3) is 0.938. The molecule has 0 radical (unpaired) electrons. The number of likely N-dealkylation sites (N-methyl/N-ethyl adjacent to an activating group) is 2. The van der Waals surface area contributed by atoms with Crippen molar-refractivity contribution in [2.24, 2.45) is 5.73 Å². The molecule has 130 valence electrons. The SMILES string of the molecule is CN(CC1(N(C)C)CCC1)C(CN)CNC(=O)OC(C)(C)C. The highest BCUT2D eigenvalue weighted by Gasteiger charge is 2.40. The molecule has 0 aliphatic heterocycles. The minimum absolute atomic E-state index is 0.116. The van der Waals surface area contributed by atoms with Crippen molar-refractivity contribution in [1.29, 1.82) is 0 Å². The highest BCUT2D eigenvalue weighted by molar-refractivity contribution is 5.67. The molecule has 0 aromatic carbocycles. The molecule has 1 fully saturated rings. The number of nitrogens with two attached hydrogens (primary N) is 1. The minimum atomic E-state index is -0.477. The standard InChI is InChI=1S/C16H34N4O2/c1-15(2,3)22-14(21)18-11-13(10-17)20(6)12-16(19(4)5)8-7-9-16/h13H,7-12,17H2,1-6H3,(H,18,21). The Morgan fingerprint density at radius 3 is 2.27 bits per heavy atom. The molecule has 1 rings (SSSR count). The summed E-state index contributed by atoms with van der Waals surface area (Å²) in [5.41, 5.74) is 5.68. The second kappa shape index (κ2) is 7.62. The zero-order valence-electron chi connectivity index (χ0n) is 15.1. The Hall–Kier alpha value is -0.850. The molecule has 0 spiro atoms. The highest BCUT2D eigenvalue weighted by Crippen LogP contribution is 2.36.